The van der Waals surface area contributed by atoms with Crippen LogP contribution in [0.1, 0.15) is 35.5 Å². The third kappa shape index (κ3) is 5.90. The third-order valence-electron chi connectivity index (χ3n) is 6.68. The lowest BCUT2D eigenvalue weighted by Gasteiger charge is -2.43. The molecule has 0 radical (unpaired) electrons. The van der Waals surface area contributed by atoms with Gasteiger partial charge in [0.1, 0.15) is 5.75 Å². The van der Waals surface area contributed by atoms with E-state index in [1.807, 2.05) is 35.4 Å². The molecule has 0 saturated carbocycles. The van der Waals surface area contributed by atoms with Gasteiger partial charge in [0.05, 0.1) is 29.3 Å². The van der Waals surface area contributed by atoms with E-state index in [0.29, 0.717) is 44.6 Å². The van der Waals surface area contributed by atoms with Crippen molar-refractivity contribution < 1.29 is 24.5 Å². The third-order valence-corrected chi connectivity index (χ3v) is 7.51. The molecule has 3 N–H and O–H groups in total. The van der Waals surface area contributed by atoms with Gasteiger partial charge >= 0.3 is 0 Å². The fourth-order valence-corrected chi connectivity index (χ4v) is 5.29. The fourth-order valence-electron chi connectivity index (χ4n) is 4.67. The number of aryl methyl sites for hydroxylation is 1. The molecule has 8 nitrogen and oxygen atoms in total. The first-order valence-electron chi connectivity index (χ1n) is 11.4. The number of aliphatic hydroxyl groups excluding tert-OH is 2. The van der Waals surface area contributed by atoms with Crippen molar-refractivity contribution in [3.63, 3.8) is 0 Å². The van der Waals surface area contributed by atoms with Gasteiger partial charge in [-0.1, -0.05) is 18.2 Å². The maximum absolute atomic E-state index is 12.8. The molecule has 1 fully saturated rings. The molecule has 2 aromatic rings. The van der Waals surface area contributed by atoms with Crippen LogP contribution in [-0.2, 0) is 22.4 Å². The number of para-hydroxylation sites is 1. The van der Waals surface area contributed by atoms with Crippen LogP contribution in [0.15, 0.2) is 29.6 Å². The van der Waals surface area contributed by atoms with E-state index in [4.69, 9.17) is 4.74 Å². The molecular weight excluding hydrogens is 442 g/mol. The summed E-state index contributed by atoms with van der Waals surface area (Å²) in [7, 11) is 0. The summed E-state index contributed by atoms with van der Waals surface area (Å²) in [4.78, 5) is 31.4. The lowest BCUT2D eigenvalue weighted by molar-refractivity contribution is -0.134. The van der Waals surface area contributed by atoms with E-state index in [1.165, 1.54) is 11.3 Å². The summed E-state index contributed by atoms with van der Waals surface area (Å²) >= 11 is 1.53. The van der Waals surface area contributed by atoms with E-state index in [-0.39, 0.29) is 31.3 Å². The van der Waals surface area contributed by atoms with Crippen molar-refractivity contribution >= 4 is 23.2 Å². The summed E-state index contributed by atoms with van der Waals surface area (Å²) in [6, 6.07) is 7.24. The molecule has 2 aliphatic heterocycles. The van der Waals surface area contributed by atoms with Crippen molar-refractivity contribution in [3.8, 4) is 5.75 Å². The Labute approximate surface area is 197 Å². The summed E-state index contributed by atoms with van der Waals surface area (Å²) in [5, 5.41) is 27.4. The van der Waals surface area contributed by atoms with Crippen LogP contribution in [0.3, 0.4) is 0 Å². The summed E-state index contributed by atoms with van der Waals surface area (Å²) in [6.45, 7) is 3.27. The van der Waals surface area contributed by atoms with Gasteiger partial charge in [0.25, 0.3) is 5.91 Å². The number of aromatic nitrogens is 1. The number of fused-ring (bicyclic) bond motifs is 1. The molecule has 1 aromatic heterocycles. The van der Waals surface area contributed by atoms with Crippen molar-refractivity contribution in [2.45, 2.75) is 51.2 Å². The number of carbonyl (C=O) groups excluding carboxylic acids is 2. The average molecular weight is 474 g/mol. The monoisotopic (exact) mass is 473 g/mol. The van der Waals surface area contributed by atoms with Crippen LogP contribution in [0.4, 0.5) is 0 Å². The molecular formula is C24H31N3O5S. The number of benzene rings is 1. The van der Waals surface area contributed by atoms with Gasteiger partial charge in [0.15, 0.2) is 6.61 Å². The van der Waals surface area contributed by atoms with Gasteiger partial charge in [-0.3, -0.25) is 9.59 Å². The smallest absolute Gasteiger partial charge is 0.257 e. The normalized spacial score (nSPS) is 23.6. The molecule has 178 valence electrons. The minimum Gasteiger partial charge on any atom is -0.483 e. The van der Waals surface area contributed by atoms with E-state index in [0.717, 1.165) is 16.3 Å². The van der Waals surface area contributed by atoms with Gasteiger partial charge in [-0.25, -0.2) is 4.98 Å². The van der Waals surface area contributed by atoms with Crippen LogP contribution in [0.25, 0.3) is 0 Å². The predicted molar refractivity (Wildman–Crippen MR) is 124 cm³/mol. The first-order valence-corrected chi connectivity index (χ1v) is 12.2. The second-order valence-electron chi connectivity index (χ2n) is 9.13. The molecule has 4 rings (SSSR count). The minimum absolute atomic E-state index is 0.0397. The number of thiazole rings is 1. The van der Waals surface area contributed by atoms with Gasteiger partial charge in [0, 0.05) is 31.4 Å². The Morgan fingerprint density at radius 3 is 2.76 bits per heavy atom. The summed E-state index contributed by atoms with van der Waals surface area (Å²) in [5.41, 5.74) is 1.15. The fraction of sp³-hybridized carbons (Fsp3) is 0.542. The van der Waals surface area contributed by atoms with Crippen molar-refractivity contribution in [3.05, 3.63) is 45.9 Å². The predicted octanol–water partition coefficient (Wildman–Crippen LogP) is 1.47. The number of hydrogen-bond acceptors (Lipinski definition) is 7. The average Bonchev–Trinajstić information content (AvgIpc) is 3.21. The number of carbonyl (C=O) groups is 2. The van der Waals surface area contributed by atoms with Crippen LogP contribution in [0, 0.1) is 12.3 Å². The number of hydrogen-bond donors (Lipinski definition) is 3. The topological polar surface area (TPSA) is 112 Å². The standard InChI is InChI=1S/C24H31N3O5S/c1-16-26-18(14-33-16)11-23(31)27-8-6-24(7-9-27)12-20(29)19(28)10-17-4-2-3-5-21(17)32-13-22(30)25-15-24/h2-5,14,19-20,28-29H,6-13,15H2,1H3,(H,25,30)/t19-,20+/m0/s1. The lowest BCUT2D eigenvalue weighted by Crippen LogP contribution is -2.51. The lowest BCUT2D eigenvalue weighted by atomic mass is 9.73. The molecule has 1 aromatic carbocycles. The first-order chi connectivity index (χ1) is 15.8. The second kappa shape index (κ2) is 10.2. The number of piperidine rings is 1. The Bertz CT molecular complexity index is 986. The Morgan fingerprint density at radius 1 is 1.27 bits per heavy atom. The molecule has 1 spiro atoms. The molecule has 2 atom stereocenters. The molecule has 0 aliphatic carbocycles. The molecule has 3 heterocycles. The van der Waals surface area contributed by atoms with Crippen LogP contribution in [0.2, 0.25) is 0 Å². The highest BCUT2D eigenvalue weighted by atomic mass is 32.1. The first kappa shape index (κ1) is 23.7. The molecule has 0 bridgehead atoms. The van der Waals surface area contributed by atoms with Crippen molar-refractivity contribution in [1.82, 2.24) is 15.2 Å². The van der Waals surface area contributed by atoms with E-state index in [9.17, 15) is 19.8 Å². The molecule has 1 saturated heterocycles. The van der Waals surface area contributed by atoms with Crippen LogP contribution < -0.4 is 10.1 Å². The SMILES string of the molecule is Cc1nc(CC(=O)N2CCC3(CC2)CNC(=O)COc2ccccc2C[C@H](O)[C@H](O)C3)cs1. The highest BCUT2D eigenvalue weighted by Crippen LogP contribution is 2.37. The summed E-state index contributed by atoms with van der Waals surface area (Å²) in [6.07, 6.45) is 0.250. The van der Waals surface area contributed by atoms with Gasteiger partial charge in [0.2, 0.25) is 5.91 Å². The number of rotatable bonds is 2. The van der Waals surface area contributed by atoms with Crippen molar-refractivity contribution in [2.75, 3.05) is 26.2 Å². The van der Waals surface area contributed by atoms with Gasteiger partial charge < -0.3 is 25.2 Å². The molecule has 2 aliphatic rings. The highest BCUT2D eigenvalue weighted by Gasteiger charge is 2.39. The highest BCUT2D eigenvalue weighted by molar-refractivity contribution is 7.09. The maximum atomic E-state index is 12.8. The number of likely N-dealkylation sites (tertiary alicyclic amines) is 1. The van der Waals surface area contributed by atoms with E-state index >= 15 is 0 Å². The van der Waals surface area contributed by atoms with E-state index < -0.39 is 17.6 Å². The van der Waals surface area contributed by atoms with Gasteiger partial charge in [-0.2, -0.15) is 0 Å². The van der Waals surface area contributed by atoms with Crippen LogP contribution >= 0.6 is 11.3 Å². The number of nitrogens with zero attached hydrogens (tertiary/aromatic N) is 2. The zero-order valence-electron chi connectivity index (χ0n) is 18.8. The Balaban J connectivity index is 1.44. The number of nitrogens with one attached hydrogen (secondary N) is 1. The second-order valence-corrected chi connectivity index (χ2v) is 10.2. The van der Waals surface area contributed by atoms with E-state index in [2.05, 4.69) is 10.3 Å². The summed E-state index contributed by atoms with van der Waals surface area (Å²) in [5.74, 6) is 0.353. The quantitative estimate of drug-likeness (QED) is 0.609. The maximum Gasteiger partial charge on any atom is 0.257 e. The molecule has 9 heteroatoms. The minimum atomic E-state index is -0.950. The van der Waals surface area contributed by atoms with Gasteiger partial charge in [-0.05, 0) is 43.2 Å². The molecule has 0 unspecified atom stereocenters. The molecule has 2 amide bonds. The van der Waals surface area contributed by atoms with Crippen LogP contribution in [-0.4, -0.2) is 70.4 Å². The Morgan fingerprint density at radius 2 is 2.03 bits per heavy atom. The molecule has 33 heavy (non-hydrogen) atoms. The van der Waals surface area contributed by atoms with Crippen molar-refractivity contribution in [2.24, 2.45) is 5.41 Å². The Kier molecular flexibility index (Phi) is 7.31. The largest absolute Gasteiger partial charge is 0.483 e. The number of amides is 2. The van der Waals surface area contributed by atoms with Crippen LogP contribution in [0.5, 0.6) is 5.75 Å². The zero-order chi connectivity index (χ0) is 23.4. The van der Waals surface area contributed by atoms with E-state index in [1.54, 1.807) is 6.07 Å². The number of ether oxygens (including phenoxy) is 1. The number of aliphatic hydroxyl groups is 2. The van der Waals surface area contributed by atoms with Crippen molar-refractivity contribution in [1.29, 1.82) is 0 Å². The Hall–Kier alpha value is -2.49. The zero-order valence-corrected chi connectivity index (χ0v) is 19.6. The van der Waals surface area contributed by atoms with Gasteiger partial charge in [-0.15, -0.1) is 11.3 Å². The summed E-state index contributed by atoms with van der Waals surface area (Å²) < 4.78 is 5.68.